The molecule has 0 spiro atoms. The molecule has 4 nitrogen and oxygen atoms in total. The molecule has 2 atom stereocenters. The first-order chi connectivity index (χ1) is 9.17. The van der Waals surface area contributed by atoms with Crippen molar-refractivity contribution in [1.29, 1.82) is 0 Å². The maximum Gasteiger partial charge on any atom is 0.310 e. The van der Waals surface area contributed by atoms with Crippen molar-refractivity contribution in [3.05, 3.63) is 12.2 Å². The van der Waals surface area contributed by atoms with Crippen molar-refractivity contribution in [1.82, 2.24) is 0 Å². The molecule has 1 aliphatic carbocycles. The first kappa shape index (κ1) is 16.7. The molecule has 0 bridgehead atoms. The summed E-state index contributed by atoms with van der Waals surface area (Å²) in [5, 5.41) is 0. The molecule has 0 aromatic carbocycles. The number of ether oxygens (including phenoxy) is 2. The second-order valence-corrected chi connectivity index (χ2v) is 6.44. The van der Waals surface area contributed by atoms with Crippen molar-refractivity contribution in [2.75, 3.05) is 13.2 Å². The molecule has 0 aromatic heterocycles. The maximum absolute atomic E-state index is 12.4. The van der Waals surface area contributed by atoms with E-state index in [1.165, 1.54) is 0 Å². The van der Waals surface area contributed by atoms with Gasteiger partial charge in [0.05, 0.1) is 25.0 Å². The summed E-state index contributed by atoms with van der Waals surface area (Å²) in [6.45, 7) is 12.0. The quantitative estimate of drug-likeness (QED) is 0.587. The van der Waals surface area contributed by atoms with Gasteiger partial charge in [-0.2, -0.15) is 0 Å². The standard InChI is InChI=1S/C16H26O4/c1-7-19-13(17)11-12(14(18)20-8-2)16(5,6)10-9-15(11,3)4/h9-12H,7-8H2,1-6H3. The zero-order chi connectivity index (χ0) is 15.6. The third-order valence-electron chi connectivity index (χ3n) is 3.96. The van der Waals surface area contributed by atoms with E-state index in [0.717, 1.165) is 0 Å². The number of esters is 2. The highest BCUT2D eigenvalue weighted by Gasteiger charge is 2.53. The van der Waals surface area contributed by atoms with Crippen LogP contribution in [0.25, 0.3) is 0 Å². The monoisotopic (exact) mass is 282 g/mol. The predicted molar refractivity (Wildman–Crippen MR) is 76.9 cm³/mol. The highest BCUT2D eigenvalue weighted by atomic mass is 16.5. The van der Waals surface area contributed by atoms with E-state index in [4.69, 9.17) is 9.47 Å². The van der Waals surface area contributed by atoms with E-state index in [9.17, 15) is 9.59 Å². The average molecular weight is 282 g/mol. The van der Waals surface area contributed by atoms with Crippen LogP contribution in [-0.2, 0) is 19.1 Å². The molecular weight excluding hydrogens is 256 g/mol. The van der Waals surface area contributed by atoms with Gasteiger partial charge in [0.1, 0.15) is 0 Å². The van der Waals surface area contributed by atoms with E-state index in [2.05, 4.69) is 0 Å². The Hall–Kier alpha value is -1.32. The van der Waals surface area contributed by atoms with Gasteiger partial charge in [-0.15, -0.1) is 0 Å². The first-order valence-electron chi connectivity index (χ1n) is 7.21. The van der Waals surface area contributed by atoms with E-state index in [-0.39, 0.29) is 11.9 Å². The minimum atomic E-state index is -0.526. The number of carbonyl (C=O) groups is 2. The zero-order valence-electron chi connectivity index (χ0n) is 13.4. The summed E-state index contributed by atoms with van der Waals surface area (Å²) in [6.07, 6.45) is 4.01. The Kier molecular flexibility index (Phi) is 5.00. The minimum Gasteiger partial charge on any atom is -0.466 e. The Morgan fingerprint density at radius 2 is 1.15 bits per heavy atom. The van der Waals surface area contributed by atoms with Crippen molar-refractivity contribution in [3.8, 4) is 0 Å². The molecule has 4 heteroatoms. The van der Waals surface area contributed by atoms with E-state index in [0.29, 0.717) is 13.2 Å². The van der Waals surface area contributed by atoms with Crippen LogP contribution in [0.2, 0.25) is 0 Å². The molecule has 2 unspecified atom stereocenters. The maximum atomic E-state index is 12.4. The summed E-state index contributed by atoms with van der Waals surface area (Å²) in [4.78, 5) is 24.7. The number of hydrogen-bond acceptors (Lipinski definition) is 4. The molecule has 114 valence electrons. The topological polar surface area (TPSA) is 52.6 Å². The molecule has 0 radical (unpaired) electrons. The van der Waals surface area contributed by atoms with Crippen molar-refractivity contribution in [2.24, 2.45) is 22.7 Å². The van der Waals surface area contributed by atoms with Crippen LogP contribution < -0.4 is 0 Å². The van der Waals surface area contributed by atoms with Gasteiger partial charge >= 0.3 is 11.9 Å². The van der Waals surface area contributed by atoms with Gasteiger partial charge in [-0.1, -0.05) is 39.8 Å². The van der Waals surface area contributed by atoms with Gasteiger partial charge in [0, 0.05) is 0 Å². The van der Waals surface area contributed by atoms with Gasteiger partial charge in [0.15, 0.2) is 0 Å². The molecule has 0 heterocycles. The summed E-state index contributed by atoms with van der Waals surface area (Å²) < 4.78 is 10.4. The lowest BCUT2D eigenvalue weighted by atomic mass is 9.58. The number of rotatable bonds is 4. The molecule has 1 rings (SSSR count). The molecule has 0 aromatic rings. The van der Waals surface area contributed by atoms with Gasteiger partial charge in [-0.3, -0.25) is 9.59 Å². The van der Waals surface area contributed by atoms with Crippen LogP contribution in [0.1, 0.15) is 41.5 Å². The highest BCUT2D eigenvalue weighted by molar-refractivity contribution is 5.84. The normalized spacial score (nSPS) is 26.9. The van der Waals surface area contributed by atoms with Crippen LogP contribution in [-0.4, -0.2) is 25.2 Å². The van der Waals surface area contributed by atoms with E-state index in [1.54, 1.807) is 13.8 Å². The van der Waals surface area contributed by atoms with Gasteiger partial charge < -0.3 is 9.47 Å². The Morgan fingerprint density at radius 1 is 0.850 bits per heavy atom. The van der Waals surface area contributed by atoms with Gasteiger partial charge in [-0.25, -0.2) is 0 Å². The third kappa shape index (κ3) is 3.22. The van der Waals surface area contributed by atoms with Crippen LogP contribution in [0.15, 0.2) is 12.2 Å². The third-order valence-corrected chi connectivity index (χ3v) is 3.96. The van der Waals surface area contributed by atoms with Gasteiger partial charge in [0.25, 0.3) is 0 Å². The minimum absolute atomic E-state index is 0.311. The fourth-order valence-corrected chi connectivity index (χ4v) is 2.84. The lowest BCUT2D eigenvalue weighted by Gasteiger charge is -2.45. The molecule has 20 heavy (non-hydrogen) atoms. The lowest BCUT2D eigenvalue weighted by Crippen LogP contribution is -2.49. The predicted octanol–water partition coefficient (Wildman–Crippen LogP) is 2.97. The molecule has 0 saturated heterocycles. The number of carbonyl (C=O) groups excluding carboxylic acids is 2. The van der Waals surface area contributed by atoms with Crippen molar-refractivity contribution < 1.29 is 19.1 Å². The zero-order valence-corrected chi connectivity index (χ0v) is 13.4. The Labute approximate surface area is 121 Å². The molecular formula is C16H26O4. The first-order valence-corrected chi connectivity index (χ1v) is 7.21. The molecule has 0 aliphatic heterocycles. The fraction of sp³-hybridized carbons (Fsp3) is 0.750. The van der Waals surface area contributed by atoms with Crippen LogP contribution in [0, 0.1) is 22.7 Å². The van der Waals surface area contributed by atoms with E-state index in [1.807, 2.05) is 39.8 Å². The Morgan fingerprint density at radius 3 is 1.40 bits per heavy atom. The summed E-state index contributed by atoms with van der Waals surface area (Å²) in [7, 11) is 0. The summed E-state index contributed by atoms with van der Waals surface area (Å²) in [6, 6.07) is 0. The molecule has 0 saturated carbocycles. The number of allylic oxidation sites excluding steroid dienone is 2. The Bertz CT molecular complexity index is 369. The smallest absolute Gasteiger partial charge is 0.310 e. The van der Waals surface area contributed by atoms with Crippen LogP contribution in [0.5, 0.6) is 0 Å². The highest BCUT2D eigenvalue weighted by Crippen LogP contribution is 2.49. The second kappa shape index (κ2) is 5.98. The van der Waals surface area contributed by atoms with Crippen molar-refractivity contribution >= 4 is 11.9 Å². The lowest BCUT2D eigenvalue weighted by molar-refractivity contribution is -0.169. The molecule has 0 fully saturated rings. The van der Waals surface area contributed by atoms with Crippen LogP contribution in [0.4, 0.5) is 0 Å². The molecule has 1 aliphatic rings. The average Bonchev–Trinajstić information content (AvgIpc) is 2.32. The summed E-state index contributed by atoms with van der Waals surface area (Å²) in [5.74, 6) is -1.70. The van der Waals surface area contributed by atoms with Gasteiger partial charge in [0.2, 0.25) is 0 Å². The summed E-state index contributed by atoms with van der Waals surface area (Å²) in [5.41, 5.74) is -0.863. The second-order valence-electron chi connectivity index (χ2n) is 6.44. The summed E-state index contributed by atoms with van der Waals surface area (Å²) >= 11 is 0. The van der Waals surface area contributed by atoms with Crippen molar-refractivity contribution in [2.45, 2.75) is 41.5 Å². The largest absolute Gasteiger partial charge is 0.466 e. The molecule has 0 amide bonds. The molecule has 0 N–H and O–H groups in total. The Balaban J connectivity index is 3.25. The fourth-order valence-electron chi connectivity index (χ4n) is 2.84. The van der Waals surface area contributed by atoms with Crippen LogP contribution in [0.3, 0.4) is 0 Å². The SMILES string of the molecule is CCOC(=O)C1C(C(=O)OCC)C(C)(C)C=CC1(C)C. The number of hydrogen-bond donors (Lipinski definition) is 0. The van der Waals surface area contributed by atoms with E-state index < -0.39 is 22.7 Å². The van der Waals surface area contributed by atoms with E-state index >= 15 is 0 Å². The van der Waals surface area contributed by atoms with Crippen LogP contribution >= 0.6 is 0 Å². The van der Waals surface area contributed by atoms with Gasteiger partial charge in [-0.05, 0) is 24.7 Å². The van der Waals surface area contributed by atoms with Crippen molar-refractivity contribution in [3.63, 3.8) is 0 Å².